The van der Waals surface area contributed by atoms with Gasteiger partial charge >= 0.3 is 0 Å². The van der Waals surface area contributed by atoms with Crippen molar-refractivity contribution in [3.05, 3.63) is 29.6 Å². The minimum atomic E-state index is 0.292. The summed E-state index contributed by atoms with van der Waals surface area (Å²) in [5, 5.41) is 0. The first-order valence-corrected chi connectivity index (χ1v) is 7.35. The third-order valence-electron chi connectivity index (χ3n) is 3.67. The van der Waals surface area contributed by atoms with Crippen LogP contribution in [-0.4, -0.2) is 35.6 Å². The molecule has 108 valence electrons. The highest BCUT2D eigenvalue weighted by atomic mass is 15.2. The maximum atomic E-state index is 5.65. The van der Waals surface area contributed by atoms with Crippen molar-refractivity contribution < 1.29 is 0 Å². The van der Waals surface area contributed by atoms with Crippen LogP contribution >= 0.6 is 0 Å². The zero-order valence-electron chi connectivity index (χ0n) is 12.5. The number of hydrogen-bond donors (Lipinski definition) is 2. The standard InChI is InChI=1S/C15H28N4/c1-4-13-7-8-14(17-12-13)11-15(18-16)9-10-19(5-2)6-3/h7-8,12,15,18H,4-6,9-11,16H2,1-3H3. The second kappa shape index (κ2) is 9.02. The van der Waals surface area contributed by atoms with Gasteiger partial charge in [-0.15, -0.1) is 0 Å². The van der Waals surface area contributed by atoms with E-state index in [0.29, 0.717) is 6.04 Å². The Bertz CT molecular complexity index is 333. The van der Waals surface area contributed by atoms with Crippen LogP contribution in [0.2, 0.25) is 0 Å². The molecule has 1 heterocycles. The second-order valence-electron chi connectivity index (χ2n) is 4.89. The summed E-state index contributed by atoms with van der Waals surface area (Å²) in [4.78, 5) is 6.91. The normalized spacial score (nSPS) is 12.9. The fourth-order valence-electron chi connectivity index (χ4n) is 2.16. The molecule has 0 amide bonds. The number of pyridine rings is 1. The fourth-order valence-corrected chi connectivity index (χ4v) is 2.16. The molecule has 1 aromatic rings. The zero-order chi connectivity index (χ0) is 14.1. The molecule has 0 aliphatic heterocycles. The molecule has 3 N–H and O–H groups in total. The first kappa shape index (κ1) is 16.1. The summed E-state index contributed by atoms with van der Waals surface area (Å²) in [5.41, 5.74) is 5.31. The Morgan fingerprint density at radius 1 is 1.26 bits per heavy atom. The molecular weight excluding hydrogens is 236 g/mol. The van der Waals surface area contributed by atoms with Crippen molar-refractivity contribution >= 4 is 0 Å². The smallest absolute Gasteiger partial charge is 0.0419 e. The summed E-state index contributed by atoms with van der Waals surface area (Å²) < 4.78 is 0. The van der Waals surface area contributed by atoms with Crippen molar-refractivity contribution in [2.45, 2.75) is 46.1 Å². The maximum Gasteiger partial charge on any atom is 0.0419 e. The molecule has 19 heavy (non-hydrogen) atoms. The topological polar surface area (TPSA) is 54.2 Å². The van der Waals surface area contributed by atoms with E-state index >= 15 is 0 Å². The van der Waals surface area contributed by atoms with Crippen LogP contribution in [0.25, 0.3) is 0 Å². The lowest BCUT2D eigenvalue weighted by Gasteiger charge is -2.22. The molecular formula is C15H28N4. The van der Waals surface area contributed by atoms with Gasteiger partial charge in [-0.05, 0) is 44.1 Å². The van der Waals surface area contributed by atoms with Crippen LogP contribution in [0, 0.1) is 0 Å². The number of hydrazine groups is 1. The first-order chi connectivity index (χ1) is 9.23. The number of nitrogens with one attached hydrogen (secondary N) is 1. The molecule has 1 atom stereocenters. The van der Waals surface area contributed by atoms with E-state index in [-0.39, 0.29) is 0 Å². The molecule has 0 saturated carbocycles. The minimum absolute atomic E-state index is 0.292. The van der Waals surface area contributed by atoms with E-state index in [4.69, 9.17) is 5.84 Å². The average molecular weight is 264 g/mol. The molecule has 0 spiro atoms. The Hall–Kier alpha value is -0.970. The molecule has 0 fully saturated rings. The number of nitrogens with zero attached hydrogens (tertiary/aromatic N) is 2. The second-order valence-corrected chi connectivity index (χ2v) is 4.89. The lowest BCUT2D eigenvalue weighted by atomic mass is 10.1. The van der Waals surface area contributed by atoms with E-state index in [0.717, 1.165) is 44.6 Å². The number of hydrogen-bond acceptors (Lipinski definition) is 4. The molecule has 4 heteroatoms. The van der Waals surface area contributed by atoms with Crippen LogP contribution < -0.4 is 11.3 Å². The predicted molar refractivity (Wildman–Crippen MR) is 80.8 cm³/mol. The summed E-state index contributed by atoms with van der Waals surface area (Å²) in [7, 11) is 0. The van der Waals surface area contributed by atoms with Gasteiger partial charge in [0.1, 0.15) is 0 Å². The molecule has 0 radical (unpaired) electrons. The van der Waals surface area contributed by atoms with Gasteiger partial charge in [-0.3, -0.25) is 16.3 Å². The van der Waals surface area contributed by atoms with E-state index < -0.39 is 0 Å². The third-order valence-corrected chi connectivity index (χ3v) is 3.67. The van der Waals surface area contributed by atoms with Crippen molar-refractivity contribution in [1.29, 1.82) is 0 Å². The summed E-state index contributed by atoms with van der Waals surface area (Å²) >= 11 is 0. The monoisotopic (exact) mass is 264 g/mol. The molecule has 0 bridgehead atoms. The average Bonchev–Trinajstić information content (AvgIpc) is 2.47. The molecule has 0 saturated heterocycles. The van der Waals surface area contributed by atoms with E-state index in [2.05, 4.69) is 48.2 Å². The van der Waals surface area contributed by atoms with Crippen LogP contribution in [0.4, 0.5) is 0 Å². The van der Waals surface area contributed by atoms with Crippen LogP contribution in [-0.2, 0) is 12.8 Å². The summed E-state index contributed by atoms with van der Waals surface area (Å²) in [6.07, 6.45) is 4.94. The first-order valence-electron chi connectivity index (χ1n) is 7.35. The van der Waals surface area contributed by atoms with Gasteiger partial charge in [-0.25, -0.2) is 0 Å². The Labute approximate surface area is 117 Å². The quantitative estimate of drug-likeness (QED) is 0.527. The lowest BCUT2D eigenvalue weighted by molar-refractivity contribution is 0.280. The third kappa shape index (κ3) is 5.68. The highest BCUT2D eigenvalue weighted by Crippen LogP contribution is 2.06. The van der Waals surface area contributed by atoms with E-state index in [9.17, 15) is 0 Å². The number of aryl methyl sites for hydroxylation is 1. The van der Waals surface area contributed by atoms with Gasteiger partial charge in [0.25, 0.3) is 0 Å². The minimum Gasteiger partial charge on any atom is -0.304 e. The molecule has 0 aliphatic rings. The predicted octanol–water partition coefficient (Wildman–Crippen LogP) is 1.75. The Morgan fingerprint density at radius 3 is 2.47 bits per heavy atom. The Balaban J connectivity index is 2.46. The van der Waals surface area contributed by atoms with Gasteiger partial charge in [0, 0.05) is 24.4 Å². The van der Waals surface area contributed by atoms with Crippen LogP contribution in [0.3, 0.4) is 0 Å². The number of aromatic nitrogens is 1. The zero-order valence-corrected chi connectivity index (χ0v) is 12.5. The van der Waals surface area contributed by atoms with E-state index in [1.807, 2.05) is 6.20 Å². The molecule has 1 rings (SSSR count). The summed E-state index contributed by atoms with van der Waals surface area (Å²) in [5.74, 6) is 5.65. The van der Waals surface area contributed by atoms with Gasteiger partial charge in [-0.2, -0.15) is 0 Å². The van der Waals surface area contributed by atoms with Gasteiger partial charge in [0.15, 0.2) is 0 Å². The van der Waals surface area contributed by atoms with E-state index in [1.54, 1.807) is 0 Å². The number of nitrogens with two attached hydrogens (primary N) is 1. The molecule has 1 unspecified atom stereocenters. The fraction of sp³-hybridized carbons (Fsp3) is 0.667. The van der Waals surface area contributed by atoms with Crippen molar-refractivity contribution in [2.75, 3.05) is 19.6 Å². The summed E-state index contributed by atoms with van der Waals surface area (Å²) in [6, 6.07) is 4.56. The molecule has 0 aliphatic carbocycles. The van der Waals surface area contributed by atoms with E-state index in [1.165, 1.54) is 5.56 Å². The van der Waals surface area contributed by atoms with Gasteiger partial charge in [0.2, 0.25) is 0 Å². The molecule has 1 aromatic heterocycles. The maximum absolute atomic E-state index is 5.65. The Morgan fingerprint density at radius 2 is 2.00 bits per heavy atom. The van der Waals surface area contributed by atoms with Crippen LogP contribution in [0.5, 0.6) is 0 Å². The highest BCUT2D eigenvalue weighted by molar-refractivity contribution is 5.14. The number of rotatable bonds is 9. The Kier molecular flexibility index (Phi) is 7.63. The summed E-state index contributed by atoms with van der Waals surface area (Å²) in [6.45, 7) is 9.80. The van der Waals surface area contributed by atoms with Crippen LogP contribution in [0.15, 0.2) is 18.3 Å². The van der Waals surface area contributed by atoms with Crippen molar-refractivity contribution in [3.63, 3.8) is 0 Å². The van der Waals surface area contributed by atoms with Crippen LogP contribution in [0.1, 0.15) is 38.4 Å². The van der Waals surface area contributed by atoms with Crippen molar-refractivity contribution in [2.24, 2.45) is 5.84 Å². The molecule has 0 aromatic carbocycles. The highest BCUT2D eigenvalue weighted by Gasteiger charge is 2.10. The van der Waals surface area contributed by atoms with Crippen molar-refractivity contribution in [3.8, 4) is 0 Å². The molecule has 4 nitrogen and oxygen atoms in total. The largest absolute Gasteiger partial charge is 0.304 e. The van der Waals surface area contributed by atoms with Gasteiger partial charge < -0.3 is 4.90 Å². The van der Waals surface area contributed by atoms with Crippen molar-refractivity contribution in [1.82, 2.24) is 15.3 Å². The lowest BCUT2D eigenvalue weighted by Crippen LogP contribution is -2.40. The van der Waals surface area contributed by atoms with Gasteiger partial charge in [-0.1, -0.05) is 26.8 Å². The van der Waals surface area contributed by atoms with Gasteiger partial charge in [0.05, 0.1) is 0 Å². The SMILES string of the molecule is CCc1ccc(CC(CCN(CC)CC)NN)nc1.